The minimum Gasteiger partial charge on any atom is -0.497 e. The van der Waals surface area contributed by atoms with Crippen molar-refractivity contribution in [2.75, 3.05) is 33.3 Å². The molecule has 1 aliphatic rings. The summed E-state index contributed by atoms with van der Waals surface area (Å²) in [6.45, 7) is 1.33. The van der Waals surface area contributed by atoms with E-state index < -0.39 is 10.0 Å². The molecule has 3 rings (SSSR count). The van der Waals surface area contributed by atoms with Crippen molar-refractivity contribution in [1.82, 2.24) is 9.21 Å². The number of amides is 1. The molecular formula is C18H20N2O4S2. The number of piperazine rings is 1. The maximum Gasteiger partial charge on any atom is 0.246 e. The highest BCUT2D eigenvalue weighted by Gasteiger charge is 2.29. The van der Waals surface area contributed by atoms with Crippen LogP contribution in [0.4, 0.5) is 0 Å². The number of hydrogen-bond donors (Lipinski definition) is 0. The van der Waals surface area contributed by atoms with Crippen molar-refractivity contribution in [1.29, 1.82) is 0 Å². The number of ether oxygens (including phenoxy) is 1. The summed E-state index contributed by atoms with van der Waals surface area (Å²) in [5, 5.41) is 1.95. The van der Waals surface area contributed by atoms with Crippen LogP contribution < -0.4 is 4.74 Å². The quantitative estimate of drug-likeness (QED) is 0.733. The summed E-state index contributed by atoms with van der Waals surface area (Å²) in [4.78, 5) is 15.2. The Labute approximate surface area is 157 Å². The monoisotopic (exact) mass is 392 g/mol. The van der Waals surface area contributed by atoms with E-state index in [1.807, 2.05) is 17.5 Å². The molecule has 1 saturated heterocycles. The van der Waals surface area contributed by atoms with Gasteiger partial charge in [-0.05, 0) is 41.8 Å². The first-order valence-corrected chi connectivity index (χ1v) is 10.5. The predicted octanol–water partition coefficient (Wildman–Crippen LogP) is 2.30. The van der Waals surface area contributed by atoms with Crippen LogP contribution in [0.25, 0.3) is 6.08 Å². The lowest BCUT2D eigenvalue weighted by molar-refractivity contribution is -0.127. The van der Waals surface area contributed by atoms with Crippen molar-refractivity contribution in [3.05, 3.63) is 52.7 Å². The zero-order chi connectivity index (χ0) is 18.6. The number of thiophene rings is 1. The average Bonchev–Trinajstić information content (AvgIpc) is 3.20. The Bertz CT molecular complexity index is 866. The van der Waals surface area contributed by atoms with Gasteiger partial charge in [0.1, 0.15) is 5.75 Å². The zero-order valence-electron chi connectivity index (χ0n) is 14.4. The second-order valence-electron chi connectivity index (χ2n) is 5.75. The number of sulfonamides is 1. The molecule has 0 atom stereocenters. The van der Waals surface area contributed by atoms with Gasteiger partial charge in [-0.3, -0.25) is 4.79 Å². The van der Waals surface area contributed by atoms with Crippen molar-refractivity contribution in [3.8, 4) is 5.75 Å². The lowest BCUT2D eigenvalue weighted by Crippen LogP contribution is -2.50. The van der Waals surface area contributed by atoms with Crippen LogP contribution in [0, 0.1) is 0 Å². The number of benzene rings is 1. The van der Waals surface area contributed by atoms with Gasteiger partial charge in [0.15, 0.2) is 0 Å². The van der Waals surface area contributed by atoms with Crippen LogP contribution in [0.5, 0.6) is 5.75 Å². The van der Waals surface area contributed by atoms with Crippen LogP contribution in [0.15, 0.2) is 52.7 Å². The zero-order valence-corrected chi connectivity index (χ0v) is 16.0. The molecular weight excluding hydrogens is 372 g/mol. The van der Waals surface area contributed by atoms with Crippen LogP contribution >= 0.6 is 11.3 Å². The fraction of sp³-hybridized carbons (Fsp3) is 0.278. The van der Waals surface area contributed by atoms with Gasteiger partial charge >= 0.3 is 0 Å². The molecule has 138 valence electrons. The molecule has 0 N–H and O–H groups in total. The van der Waals surface area contributed by atoms with Gasteiger partial charge < -0.3 is 9.64 Å². The van der Waals surface area contributed by atoms with Gasteiger partial charge in [-0.1, -0.05) is 6.07 Å². The summed E-state index contributed by atoms with van der Waals surface area (Å²) < 4.78 is 31.9. The molecule has 26 heavy (non-hydrogen) atoms. The summed E-state index contributed by atoms with van der Waals surface area (Å²) in [5.74, 6) is 0.511. The largest absolute Gasteiger partial charge is 0.497 e. The highest BCUT2D eigenvalue weighted by molar-refractivity contribution is 7.89. The summed E-state index contributed by atoms with van der Waals surface area (Å²) in [6, 6.07) is 10.2. The first kappa shape index (κ1) is 18.6. The van der Waals surface area contributed by atoms with E-state index in [4.69, 9.17) is 4.74 Å². The van der Waals surface area contributed by atoms with E-state index in [0.717, 1.165) is 4.88 Å². The van der Waals surface area contributed by atoms with E-state index in [2.05, 4.69) is 0 Å². The lowest BCUT2D eigenvalue weighted by atomic mass is 10.3. The third kappa shape index (κ3) is 4.14. The van der Waals surface area contributed by atoms with Crippen LogP contribution in [0.1, 0.15) is 4.88 Å². The first-order chi connectivity index (χ1) is 12.5. The van der Waals surface area contributed by atoms with E-state index >= 15 is 0 Å². The molecule has 0 unspecified atom stereocenters. The predicted molar refractivity (Wildman–Crippen MR) is 102 cm³/mol. The fourth-order valence-corrected chi connectivity index (χ4v) is 4.73. The molecule has 0 saturated carbocycles. The summed E-state index contributed by atoms with van der Waals surface area (Å²) in [5.41, 5.74) is 0. The van der Waals surface area contributed by atoms with Crippen LogP contribution in [-0.4, -0.2) is 56.8 Å². The molecule has 0 aliphatic carbocycles. The number of nitrogens with zero attached hydrogens (tertiary/aromatic N) is 2. The van der Waals surface area contributed by atoms with Crippen molar-refractivity contribution < 1.29 is 17.9 Å². The molecule has 0 spiro atoms. The standard InChI is InChI=1S/C18H20N2O4S2/c1-24-15-4-7-17(8-5-15)26(22,23)20-12-10-19(11-13-20)18(21)9-6-16-3-2-14-25-16/h2-9,14H,10-13H2,1H3/b9-6+. The molecule has 2 heterocycles. The van der Waals surface area contributed by atoms with Gasteiger partial charge in [0, 0.05) is 37.1 Å². The Morgan fingerprint density at radius 2 is 1.81 bits per heavy atom. The number of methoxy groups -OCH3 is 1. The second kappa shape index (κ2) is 8.03. The molecule has 1 aliphatic heterocycles. The van der Waals surface area contributed by atoms with Gasteiger partial charge in [-0.2, -0.15) is 4.31 Å². The van der Waals surface area contributed by atoms with Crippen molar-refractivity contribution in [2.45, 2.75) is 4.90 Å². The summed E-state index contributed by atoms with van der Waals surface area (Å²) >= 11 is 1.56. The number of carbonyl (C=O) groups excluding carboxylic acids is 1. The molecule has 0 radical (unpaired) electrons. The molecule has 8 heteroatoms. The normalized spacial score (nSPS) is 16.1. The second-order valence-corrected chi connectivity index (χ2v) is 8.67. The fourth-order valence-electron chi connectivity index (χ4n) is 2.69. The molecule has 1 aromatic heterocycles. The van der Waals surface area contributed by atoms with Crippen LogP contribution in [0.3, 0.4) is 0 Å². The molecule has 6 nitrogen and oxygen atoms in total. The van der Waals surface area contributed by atoms with Crippen molar-refractivity contribution in [3.63, 3.8) is 0 Å². The lowest BCUT2D eigenvalue weighted by Gasteiger charge is -2.33. The summed E-state index contributed by atoms with van der Waals surface area (Å²) in [7, 11) is -2.03. The van der Waals surface area contributed by atoms with Crippen LogP contribution in [-0.2, 0) is 14.8 Å². The van der Waals surface area contributed by atoms with E-state index in [0.29, 0.717) is 18.8 Å². The molecule has 2 aromatic rings. The molecule has 0 bridgehead atoms. The highest BCUT2D eigenvalue weighted by Crippen LogP contribution is 2.21. The van der Waals surface area contributed by atoms with E-state index in [1.165, 1.54) is 23.5 Å². The van der Waals surface area contributed by atoms with E-state index in [1.54, 1.807) is 40.5 Å². The minimum atomic E-state index is -3.56. The highest BCUT2D eigenvalue weighted by atomic mass is 32.2. The minimum absolute atomic E-state index is 0.0973. The first-order valence-electron chi connectivity index (χ1n) is 8.15. The smallest absolute Gasteiger partial charge is 0.246 e. The SMILES string of the molecule is COc1ccc(S(=O)(=O)N2CCN(C(=O)/C=C/c3cccs3)CC2)cc1. The number of hydrogen-bond acceptors (Lipinski definition) is 5. The third-order valence-electron chi connectivity index (χ3n) is 4.18. The van der Waals surface area contributed by atoms with Crippen LogP contribution in [0.2, 0.25) is 0 Å². The Hall–Kier alpha value is -2.16. The van der Waals surface area contributed by atoms with E-state index in [9.17, 15) is 13.2 Å². The Balaban J connectivity index is 1.61. The van der Waals surface area contributed by atoms with Gasteiger partial charge in [-0.15, -0.1) is 11.3 Å². The van der Waals surface area contributed by atoms with Gasteiger partial charge in [-0.25, -0.2) is 8.42 Å². The summed E-state index contributed by atoms with van der Waals surface area (Å²) in [6.07, 6.45) is 3.33. The van der Waals surface area contributed by atoms with E-state index in [-0.39, 0.29) is 23.9 Å². The Morgan fingerprint density at radius 1 is 1.12 bits per heavy atom. The molecule has 1 fully saturated rings. The maximum atomic E-state index is 12.7. The van der Waals surface area contributed by atoms with Crippen molar-refractivity contribution in [2.24, 2.45) is 0 Å². The number of rotatable bonds is 5. The van der Waals surface area contributed by atoms with Gasteiger partial charge in [0.05, 0.1) is 12.0 Å². The molecule has 1 aromatic carbocycles. The average molecular weight is 393 g/mol. The number of carbonyl (C=O) groups is 1. The third-order valence-corrected chi connectivity index (χ3v) is 6.93. The van der Waals surface area contributed by atoms with Gasteiger partial charge in [0.25, 0.3) is 0 Å². The molecule has 1 amide bonds. The van der Waals surface area contributed by atoms with Gasteiger partial charge in [0.2, 0.25) is 15.9 Å². The maximum absolute atomic E-state index is 12.7. The Morgan fingerprint density at radius 3 is 2.38 bits per heavy atom. The Kier molecular flexibility index (Phi) is 5.75. The topological polar surface area (TPSA) is 66.9 Å². The van der Waals surface area contributed by atoms with Crippen molar-refractivity contribution >= 4 is 33.3 Å².